The van der Waals surface area contributed by atoms with Gasteiger partial charge in [0, 0.05) is 29.4 Å². The molecule has 0 saturated carbocycles. The molecule has 0 amide bonds. The summed E-state index contributed by atoms with van der Waals surface area (Å²) in [5.74, 6) is 0.693. The minimum Gasteiger partial charge on any atom is -0.367 e. The second-order valence-electron chi connectivity index (χ2n) is 8.96. The van der Waals surface area contributed by atoms with Gasteiger partial charge in [0.05, 0.1) is 22.3 Å². The molecule has 5 heteroatoms. The standard InChI is InChI=1S/C27H25N3O2/c1-16-8-7-10-18(14-16)28-21-15-22(30-13-6-5-9-17(30)2)25-24-23(21)26(31)19-11-3-4-12-20(19)27(24)32-29-25/h3-4,7-8,10-12,14-15,17,28H,5-6,9,13H2,1-2H3/t17-/m1/s1. The van der Waals surface area contributed by atoms with Gasteiger partial charge in [-0.25, -0.2) is 0 Å². The number of aromatic nitrogens is 1. The van der Waals surface area contributed by atoms with Gasteiger partial charge in [0.2, 0.25) is 0 Å². The Bertz CT molecular complexity index is 1370. The molecule has 0 spiro atoms. The summed E-state index contributed by atoms with van der Waals surface area (Å²) in [6.45, 7) is 5.31. The molecular formula is C27H25N3O2. The van der Waals surface area contributed by atoms with Crippen LogP contribution in [-0.2, 0) is 0 Å². The van der Waals surface area contributed by atoms with Crippen LogP contribution in [0.15, 0.2) is 59.1 Å². The van der Waals surface area contributed by atoms with Crippen molar-refractivity contribution in [3.05, 3.63) is 71.3 Å². The van der Waals surface area contributed by atoms with Gasteiger partial charge < -0.3 is 14.7 Å². The fourth-order valence-corrected chi connectivity index (χ4v) is 5.19. The lowest BCUT2D eigenvalue weighted by atomic mass is 9.86. The zero-order valence-corrected chi connectivity index (χ0v) is 18.3. The largest absolute Gasteiger partial charge is 0.367 e. The molecule has 1 saturated heterocycles. The van der Waals surface area contributed by atoms with Crippen molar-refractivity contribution in [2.75, 3.05) is 16.8 Å². The number of aryl methyl sites for hydroxylation is 1. The number of anilines is 3. The summed E-state index contributed by atoms with van der Waals surface area (Å²) < 4.78 is 5.91. The number of carbonyl (C=O) groups excluding carboxylic acids is 1. The van der Waals surface area contributed by atoms with E-state index in [1.165, 1.54) is 6.42 Å². The Morgan fingerprint density at radius 1 is 1.06 bits per heavy atom. The molecule has 1 aliphatic heterocycles. The maximum absolute atomic E-state index is 13.7. The fraction of sp³-hybridized carbons (Fsp3) is 0.259. The fourth-order valence-electron chi connectivity index (χ4n) is 5.19. The summed E-state index contributed by atoms with van der Waals surface area (Å²) in [5, 5.41) is 8.86. The Balaban J connectivity index is 1.63. The van der Waals surface area contributed by atoms with Gasteiger partial charge in [-0.2, -0.15) is 0 Å². The Hall–Kier alpha value is -3.60. The number of nitrogens with zero attached hydrogens (tertiary/aromatic N) is 2. The predicted molar refractivity (Wildman–Crippen MR) is 128 cm³/mol. The molecule has 1 atom stereocenters. The van der Waals surface area contributed by atoms with Crippen molar-refractivity contribution in [3.8, 4) is 11.3 Å². The van der Waals surface area contributed by atoms with Crippen LogP contribution >= 0.6 is 0 Å². The molecule has 160 valence electrons. The Labute approximate surface area is 187 Å². The number of benzene rings is 3. The second kappa shape index (κ2) is 7.23. The van der Waals surface area contributed by atoms with Gasteiger partial charge in [-0.1, -0.05) is 41.6 Å². The summed E-state index contributed by atoms with van der Waals surface area (Å²) in [5.41, 5.74) is 6.86. The summed E-state index contributed by atoms with van der Waals surface area (Å²) in [4.78, 5) is 16.1. The number of nitrogens with one attached hydrogen (secondary N) is 1. The summed E-state index contributed by atoms with van der Waals surface area (Å²) >= 11 is 0. The number of hydrogen-bond donors (Lipinski definition) is 1. The molecule has 32 heavy (non-hydrogen) atoms. The van der Waals surface area contributed by atoms with Crippen LogP contribution in [0, 0.1) is 6.92 Å². The minimum absolute atomic E-state index is 0.00898. The molecule has 5 nitrogen and oxygen atoms in total. The van der Waals surface area contributed by atoms with Gasteiger partial charge >= 0.3 is 0 Å². The lowest BCUT2D eigenvalue weighted by Crippen LogP contribution is -2.37. The van der Waals surface area contributed by atoms with E-state index >= 15 is 0 Å². The molecule has 6 rings (SSSR count). The highest BCUT2D eigenvalue weighted by Crippen LogP contribution is 2.47. The average molecular weight is 424 g/mol. The third kappa shape index (κ3) is 2.84. The van der Waals surface area contributed by atoms with E-state index in [9.17, 15) is 4.79 Å². The Morgan fingerprint density at radius 3 is 2.72 bits per heavy atom. The quantitative estimate of drug-likeness (QED) is 0.360. The van der Waals surface area contributed by atoms with Crippen LogP contribution in [-0.4, -0.2) is 23.5 Å². The smallest absolute Gasteiger partial charge is 0.196 e. The molecule has 0 bridgehead atoms. The molecule has 0 unspecified atom stereocenters. The van der Waals surface area contributed by atoms with E-state index in [4.69, 9.17) is 4.52 Å². The number of ketones is 1. The van der Waals surface area contributed by atoms with Crippen molar-refractivity contribution in [3.63, 3.8) is 0 Å². The lowest BCUT2D eigenvalue weighted by molar-refractivity contribution is 0.104. The molecule has 4 aromatic rings. The normalized spacial score (nSPS) is 17.5. The number of fused-ring (bicyclic) bond motifs is 2. The first kappa shape index (κ1) is 19.1. The maximum Gasteiger partial charge on any atom is 0.196 e. The lowest BCUT2D eigenvalue weighted by Gasteiger charge is -2.36. The maximum atomic E-state index is 13.7. The van der Waals surface area contributed by atoms with E-state index in [-0.39, 0.29) is 5.78 Å². The minimum atomic E-state index is 0.00898. The molecule has 1 aliphatic carbocycles. The second-order valence-corrected chi connectivity index (χ2v) is 8.96. The molecule has 1 fully saturated rings. The monoisotopic (exact) mass is 423 g/mol. The van der Waals surface area contributed by atoms with Crippen LogP contribution in [0.2, 0.25) is 0 Å². The third-order valence-corrected chi connectivity index (χ3v) is 6.79. The van der Waals surface area contributed by atoms with E-state index in [1.54, 1.807) is 0 Å². The third-order valence-electron chi connectivity index (χ3n) is 6.79. The van der Waals surface area contributed by atoms with Crippen molar-refractivity contribution >= 4 is 33.7 Å². The van der Waals surface area contributed by atoms with Gasteiger partial charge in [0.25, 0.3) is 0 Å². The zero-order valence-electron chi connectivity index (χ0n) is 18.3. The van der Waals surface area contributed by atoms with Crippen LogP contribution in [0.5, 0.6) is 0 Å². The van der Waals surface area contributed by atoms with E-state index < -0.39 is 0 Å². The van der Waals surface area contributed by atoms with Crippen molar-refractivity contribution < 1.29 is 9.32 Å². The van der Waals surface area contributed by atoms with Crippen molar-refractivity contribution in [2.24, 2.45) is 0 Å². The van der Waals surface area contributed by atoms with Crippen LogP contribution in [0.1, 0.15) is 47.7 Å². The molecule has 3 aromatic carbocycles. The SMILES string of the molecule is Cc1cccc(Nc2cc(N3CCCC[C@H]3C)c3noc4c3c2C(=O)c2ccccc2-4)c1. The van der Waals surface area contributed by atoms with Gasteiger partial charge in [0.15, 0.2) is 11.5 Å². The number of carbonyl (C=O) groups is 1. The summed E-state index contributed by atoms with van der Waals surface area (Å²) in [7, 11) is 0. The highest BCUT2D eigenvalue weighted by Gasteiger charge is 2.34. The molecule has 0 radical (unpaired) electrons. The van der Waals surface area contributed by atoms with E-state index in [0.29, 0.717) is 22.9 Å². The highest BCUT2D eigenvalue weighted by atomic mass is 16.5. The highest BCUT2D eigenvalue weighted by molar-refractivity contribution is 6.28. The molecular weight excluding hydrogens is 398 g/mol. The predicted octanol–water partition coefficient (Wildman–Crippen LogP) is 6.47. The van der Waals surface area contributed by atoms with Gasteiger partial charge in [-0.3, -0.25) is 4.79 Å². The first-order valence-electron chi connectivity index (χ1n) is 11.3. The first-order valence-corrected chi connectivity index (χ1v) is 11.3. The van der Waals surface area contributed by atoms with Gasteiger partial charge in [-0.05, 0) is 56.9 Å². The number of rotatable bonds is 3. The molecule has 2 aliphatic rings. The van der Waals surface area contributed by atoms with Crippen molar-refractivity contribution in [1.82, 2.24) is 5.16 Å². The van der Waals surface area contributed by atoms with E-state index in [0.717, 1.165) is 58.5 Å². The van der Waals surface area contributed by atoms with Crippen LogP contribution in [0.25, 0.3) is 22.2 Å². The Morgan fingerprint density at radius 2 is 1.91 bits per heavy atom. The van der Waals surface area contributed by atoms with E-state index in [1.807, 2.05) is 36.4 Å². The van der Waals surface area contributed by atoms with Gasteiger partial charge in [-0.15, -0.1) is 0 Å². The first-order chi connectivity index (χ1) is 15.6. The number of hydrogen-bond acceptors (Lipinski definition) is 5. The molecule has 2 heterocycles. The average Bonchev–Trinajstić information content (AvgIpc) is 3.24. The summed E-state index contributed by atoms with van der Waals surface area (Å²) in [6, 6.07) is 18.4. The summed E-state index contributed by atoms with van der Waals surface area (Å²) in [6.07, 6.45) is 3.54. The molecule has 1 N–H and O–H groups in total. The number of piperidine rings is 1. The topological polar surface area (TPSA) is 58.4 Å². The van der Waals surface area contributed by atoms with Crippen molar-refractivity contribution in [2.45, 2.75) is 39.2 Å². The zero-order chi connectivity index (χ0) is 21.8. The van der Waals surface area contributed by atoms with Crippen LogP contribution < -0.4 is 10.2 Å². The van der Waals surface area contributed by atoms with Crippen LogP contribution in [0.4, 0.5) is 17.1 Å². The van der Waals surface area contributed by atoms with Crippen LogP contribution in [0.3, 0.4) is 0 Å². The van der Waals surface area contributed by atoms with Gasteiger partial charge in [0.1, 0.15) is 5.52 Å². The molecule has 1 aromatic heterocycles. The Kier molecular flexibility index (Phi) is 4.32. The van der Waals surface area contributed by atoms with Crippen molar-refractivity contribution in [1.29, 1.82) is 0 Å². The van der Waals surface area contributed by atoms with E-state index in [2.05, 4.69) is 47.4 Å².